The summed E-state index contributed by atoms with van der Waals surface area (Å²) < 4.78 is 37.0. The van der Waals surface area contributed by atoms with E-state index in [0.717, 1.165) is 0 Å². The molecule has 0 aromatic carbocycles. The van der Waals surface area contributed by atoms with Gasteiger partial charge in [-0.1, -0.05) is 5.21 Å². The summed E-state index contributed by atoms with van der Waals surface area (Å²) in [6.07, 6.45) is -1.12. The summed E-state index contributed by atoms with van der Waals surface area (Å²) in [4.78, 5) is 0. The number of hydrogen-bond acceptors (Lipinski definition) is 3. The number of rotatable bonds is 5. The zero-order valence-electron chi connectivity index (χ0n) is 8.67. The Labute approximate surface area is 90.8 Å². The molecule has 1 N–H and O–H groups in total. The third-order valence-corrected chi connectivity index (χ3v) is 2.36. The SMILES string of the molecule is FC(F)(F)CCn1cc(CNC2CC2)nn1. The van der Waals surface area contributed by atoms with E-state index in [1.807, 2.05) is 0 Å². The average Bonchev–Trinajstić information content (AvgIpc) is 2.91. The summed E-state index contributed by atoms with van der Waals surface area (Å²) in [7, 11) is 0. The molecule has 1 aromatic rings. The van der Waals surface area contributed by atoms with Crippen molar-refractivity contribution in [3.05, 3.63) is 11.9 Å². The fourth-order valence-electron chi connectivity index (χ4n) is 1.31. The van der Waals surface area contributed by atoms with E-state index in [2.05, 4.69) is 15.6 Å². The van der Waals surface area contributed by atoms with Gasteiger partial charge in [0.1, 0.15) is 0 Å². The Morgan fingerprint density at radius 3 is 2.81 bits per heavy atom. The van der Waals surface area contributed by atoms with E-state index in [9.17, 15) is 13.2 Å². The maximum absolute atomic E-state index is 11.9. The first-order valence-electron chi connectivity index (χ1n) is 5.22. The van der Waals surface area contributed by atoms with E-state index in [0.29, 0.717) is 18.3 Å². The minimum Gasteiger partial charge on any atom is -0.308 e. The van der Waals surface area contributed by atoms with Gasteiger partial charge in [-0.05, 0) is 12.8 Å². The molecule has 1 aliphatic rings. The number of aromatic nitrogens is 3. The highest BCUT2D eigenvalue weighted by molar-refractivity contribution is 4.94. The fourth-order valence-corrected chi connectivity index (χ4v) is 1.31. The molecular formula is C9H13F3N4. The van der Waals surface area contributed by atoms with Crippen LogP contribution in [0.3, 0.4) is 0 Å². The number of nitrogens with one attached hydrogen (secondary N) is 1. The molecule has 4 nitrogen and oxygen atoms in total. The lowest BCUT2D eigenvalue weighted by atomic mass is 10.4. The maximum Gasteiger partial charge on any atom is 0.390 e. The largest absolute Gasteiger partial charge is 0.390 e. The van der Waals surface area contributed by atoms with Crippen LogP contribution in [0.5, 0.6) is 0 Å². The molecular weight excluding hydrogens is 221 g/mol. The molecule has 1 heterocycles. The number of aryl methyl sites for hydroxylation is 1. The van der Waals surface area contributed by atoms with E-state index in [4.69, 9.17) is 0 Å². The van der Waals surface area contributed by atoms with Crippen LogP contribution < -0.4 is 5.32 Å². The molecule has 0 amide bonds. The van der Waals surface area contributed by atoms with Gasteiger partial charge >= 0.3 is 6.18 Å². The second kappa shape index (κ2) is 4.40. The van der Waals surface area contributed by atoms with Crippen LogP contribution in [-0.2, 0) is 13.1 Å². The zero-order valence-corrected chi connectivity index (χ0v) is 8.67. The average molecular weight is 234 g/mol. The predicted molar refractivity (Wildman–Crippen MR) is 50.6 cm³/mol. The van der Waals surface area contributed by atoms with Crippen molar-refractivity contribution in [1.29, 1.82) is 0 Å². The van der Waals surface area contributed by atoms with Gasteiger partial charge in [-0.3, -0.25) is 4.68 Å². The van der Waals surface area contributed by atoms with Gasteiger partial charge in [0.05, 0.1) is 18.7 Å². The highest BCUT2D eigenvalue weighted by Crippen LogP contribution is 2.20. The maximum atomic E-state index is 11.9. The van der Waals surface area contributed by atoms with Crippen molar-refractivity contribution in [3.63, 3.8) is 0 Å². The molecule has 0 radical (unpaired) electrons. The van der Waals surface area contributed by atoms with Crippen LogP contribution in [0.15, 0.2) is 6.20 Å². The number of hydrogen-bond donors (Lipinski definition) is 1. The van der Waals surface area contributed by atoms with Crippen LogP contribution in [0.25, 0.3) is 0 Å². The van der Waals surface area contributed by atoms with E-state index < -0.39 is 12.6 Å². The molecule has 1 aromatic heterocycles. The van der Waals surface area contributed by atoms with E-state index >= 15 is 0 Å². The van der Waals surface area contributed by atoms with Gasteiger partial charge in [-0.2, -0.15) is 13.2 Å². The minimum atomic E-state index is -4.14. The van der Waals surface area contributed by atoms with Crippen molar-refractivity contribution in [2.45, 2.75) is 44.6 Å². The van der Waals surface area contributed by atoms with Crippen molar-refractivity contribution in [1.82, 2.24) is 20.3 Å². The van der Waals surface area contributed by atoms with Gasteiger partial charge in [-0.15, -0.1) is 5.10 Å². The Balaban J connectivity index is 1.77. The van der Waals surface area contributed by atoms with Crippen LogP contribution in [-0.4, -0.2) is 27.2 Å². The Kier molecular flexibility index (Phi) is 3.13. The topological polar surface area (TPSA) is 42.7 Å². The smallest absolute Gasteiger partial charge is 0.308 e. The first-order chi connectivity index (χ1) is 7.53. The molecule has 1 aliphatic carbocycles. The molecule has 2 rings (SSSR count). The number of alkyl halides is 3. The van der Waals surface area contributed by atoms with Gasteiger partial charge in [0, 0.05) is 18.8 Å². The van der Waals surface area contributed by atoms with Crippen molar-refractivity contribution in [3.8, 4) is 0 Å². The van der Waals surface area contributed by atoms with Crippen molar-refractivity contribution < 1.29 is 13.2 Å². The Morgan fingerprint density at radius 2 is 2.19 bits per heavy atom. The Hall–Kier alpha value is -1.11. The lowest BCUT2D eigenvalue weighted by Crippen LogP contribution is -2.15. The van der Waals surface area contributed by atoms with Crippen molar-refractivity contribution in [2.75, 3.05) is 0 Å². The summed E-state index contributed by atoms with van der Waals surface area (Å²) in [6, 6.07) is 0.556. The normalized spacial score (nSPS) is 16.7. The van der Waals surface area contributed by atoms with E-state index in [-0.39, 0.29) is 6.54 Å². The standard InChI is InChI=1S/C9H13F3N4/c10-9(11,12)3-4-16-6-8(14-15-16)5-13-7-1-2-7/h6-7,13H,1-5H2. The third kappa shape index (κ3) is 3.80. The quantitative estimate of drug-likeness (QED) is 0.839. The molecule has 7 heteroatoms. The summed E-state index contributed by atoms with van der Waals surface area (Å²) in [5, 5.41) is 10.7. The van der Waals surface area contributed by atoms with Gasteiger partial charge in [0.2, 0.25) is 0 Å². The van der Waals surface area contributed by atoms with Gasteiger partial charge in [-0.25, -0.2) is 0 Å². The molecule has 16 heavy (non-hydrogen) atoms. The van der Waals surface area contributed by atoms with Crippen LogP contribution in [0.4, 0.5) is 13.2 Å². The molecule has 0 aliphatic heterocycles. The first kappa shape index (κ1) is 11.4. The molecule has 1 fully saturated rings. The zero-order chi connectivity index (χ0) is 11.6. The molecule has 0 bridgehead atoms. The van der Waals surface area contributed by atoms with Crippen LogP contribution >= 0.6 is 0 Å². The predicted octanol–water partition coefficient (Wildman–Crippen LogP) is 1.48. The van der Waals surface area contributed by atoms with Crippen molar-refractivity contribution in [2.24, 2.45) is 0 Å². The number of halogens is 3. The highest BCUT2D eigenvalue weighted by atomic mass is 19.4. The third-order valence-electron chi connectivity index (χ3n) is 2.36. The molecule has 90 valence electrons. The highest BCUT2D eigenvalue weighted by Gasteiger charge is 2.27. The molecule has 1 saturated carbocycles. The van der Waals surface area contributed by atoms with Gasteiger partial charge in [0.25, 0.3) is 0 Å². The van der Waals surface area contributed by atoms with Gasteiger partial charge in [0.15, 0.2) is 0 Å². The summed E-state index contributed by atoms with van der Waals surface area (Å²) in [6.45, 7) is 0.413. The lowest BCUT2D eigenvalue weighted by molar-refractivity contribution is -0.137. The lowest BCUT2D eigenvalue weighted by Gasteiger charge is -2.04. The van der Waals surface area contributed by atoms with Crippen molar-refractivity contribution >= 4 is 0 Å². The second-order valence-corrected chi connectivity index (χ2v) is 3.99. The number of nitrogens with zero attached hydrogens (tertiary/aromatic N) is 3. The molecule has 0 spiro atoms. The molecule has 0 unspecified atom stereocenters. The van der Waals surface area contributed by atoms with E-state index in [1.165, 1.54) is 17.5 Å². The van der Waals surface area contributed by atoms with Crippen LogP contribution in [0, 0.1) is 0 Å². The van der Waals surface area contributed by atoms with E-state index in [1.54, 1.807) is 6.20 Å². The minimum absolute atomic E-state index is 0.167. The summed E-state index contributed by atoms with van der Waals surface area (Å²) in [5.74, 6) is 0. The van der Waals surface area contributed by atoms with Gasteiger partial charge < -0.3 is 5.32 Å². The second-order valence-electron chi connectivity index (χ2n) is 3.99. The molecule has 0 atom stereocenters. The first-order valence-corrected chi connectivity index (χ1v) is 5.22. The Morgan fingerprint density at radius 1 is 1.44 bits per heavy atom. The summed E-state index contributed by atoms with van der Waals surface area (Å²) >= 11 is 0. The Bertz CT molecular complexity index is 343. The van der Waals surface area contributed by atoms with Crippen LogP contribution in [0.1, 0.15) is 25.0 Å². The fraction of sp³-hybridized carbons (Fsp3) is 0.778. The summed E-state index contributed by atoms with van der Waals surface area (Å²) in [5.41, 5.74) is 0.689. The monoisotopic (exact) mass is 234 g/mol. The van der Waals surface area contributed by atoms with Crippen LogP contribution in [0.2, 0.25) is 0 Å². The molecule has 0 saturated heterocycles.